The first-order valence-electron chi connectivity index (χ1n) is 34.1. The van der Waals surface area contributed by atoms with Crippen molar-refractivity contribution in [2.75, 3.05) is 0 Å². The molecule has 14 rings (SSSR count). The van der Waals surface area contributed by atoms with E-state index in [-0.39, 0.29) is 37.9 Å². The fourth-order valence-electron chi connectivity index (χ4n) is 11.7. The second-order valence-corrected chi connectivity index (χ2v) is 32.9. The van der Waals surface area contributed by atoms with Crippen molar-refractivity contribution in [2.45, 2.75) is 203 Å². The first kappa shape index (κ1) is 70.7. The maximum absolute atomic E-state index is 2.34. The van der Waals surface area contributed by atoms with Gasteiger partial charge in [0.2, 0.25) is 0 Å². The monoisotopic (exact) mass is 1230 g/mol. The Morgan fingerprint density at radius 1 is 0.290 bits per heavy atom. The molecule has 4 heterocycles. The number of aromatic nitrogens is 2. The zero-order valence-corrected chi connectivity index (χ0v) is 60.7. The van der Waals surface area contributed by atoms with Crippen LogP contribution in [0.5, 0.6) is 0 Å². The molecule has 0 aliphatic heterocycles. The van der Waals surface area contributed by atoms with Crippen LogP contribution in [0.25, 0.3) is 56.9 Å². The molecule has 11 aromatic rings. The summed E-state index contributed by atoms with van der Waals surface area (Å²) in [7, 11) is 0. The van der Waals surface area contributed by atoms with E-state index < -0.39 is 0 Å². The van der Waals surface area contributed by atoms with Crippen molar-refractivity contribution < 1.29 is 0 Å². The molecular weight excluding hydrogens is 1120 g/mol. The summed E-state index contributed by atoms with van der Waals surface area (Å²) < 4.78 is 4.30. The van der Waals surface area contributed by atoms with E-state index in [1.807, 2.05) is 0 Å². The lowest BCUT2D eigenvalue weighted by molar-refractivity contribution is 0.586. The van der Waals surface area contributed by atoms with E-state index in [0.717, 1.165) is 19.3 Å². The van der Waals surface area contributed by atoms with Crippen LogP contribution < -0.4 is 10.4 Å². The van der Waals surface area contributed by atoms with Crippen LogP contribution in [-0.2, 0) is 50.7 Å². The number of nitrogens with zero attached hydrogens (tertiary/aromatic N) is 2. The Labute approximate surface area is 561 Å². The Morgan fingerprint density at radius 3 is 1.44 bits per heavy atom. The largest absolute Gasteiger partial charge is 0.324 e. The SMILES string of the molecule is CC(C)(C)c1ccc2c(c1)=CCC=2.CC(C)(C)c1ccc2c(c1)C=CC2.CC(C)(C)c1ccc2c(c1)CC=C2.CC(C)(C)c1ccc2ccccc2c1.CC(C)(C)c1ccc2cccn2c1.CC(C)(C)c1cccc2ccccc12.CC(C)(C)c1ccn2cccc2c1. The maximum Gasteiger partial charge on any atom is 0.0452 e. The first-order valence-corrected chi connectivity index (χ1v) is 34.1. The molecule has 0 spiro atoms. The molecule has 0 bridgehead atoms. The van der Waals surface area contributed by atoms with Crippen molar-refractivity contribution >= 4 is 56.9 Å². The second kappa shape index (κ2) is 29.0. The van der Waals surface area contributed by atoms with Crippen molar-refractivity contribution in [3.8, 4) is 0 Å². The van der Waals surface area contributed by atoms with Crippen LogP contribution in [0.15, 0.2) is 225 Å². The molecule has 0 radical (unpaired) electrons. The maximum atomic E-state index is 2.34. The molecule has 484 valence electrons. The molecule has 0 fully saturated rings. The van der Waals surface area contributed by atoms with Gasteiger partial charge in [-0.1, -0.05) is 327 Å². The minimum absolute atomic E-state index is 0.223. The van der Waals surface area contributed by atoms with Crippen molar-refractivity contribution in [1.82, 2.24) is 8.80 Å². The Hall–Kier alpha value is -8.20. The molecule has 0 atom stereocenters. The summed E-state index contributed by atoms with van der Waals surface area (Å²) in [5, 5.41) is 8.17. The fraction of sp³-hybridized carbons (Fsp3) is 0.341. The lowest BCUT2D eigenvalue weighted by atomic mass is 9.84. The molecular formula is C91H110N2. The van der Waals surface area contributed by atoms with E-state index in [0.29, 0.717) is 0 Å². The number of pyridine rings is 2. The van der Waals surface area contributed by atoms with Crippen LogP contribution in [-0.4, -0.2) is 8.80 Å². The van der Waals surface area contributed by atoms with Crippen molar-refractivity contribution in [2.24, 2.45) is 0 Å². The molecule has 0 amide bonds. The molecule has 0 unspecified atom stereocenters. The minimum atomic E-state index is 0.223. The van der Waals surface area contributed by atoms with Crippen molar-refractivity contribution in [3.05, 3.63) is 297 Å². The van der Waals surface area contributed by atoms with Gasteiger partial charge >= 0.3 is 0 Å². The van der Waals surface area contributed by atoms with E-state index in [9.17, 15) is 0 Å². The van der Waals surface area contributed by atoms with Gasteiger partial charge in [-0.2, -0.15) is 0 Å². The van der Waals surface area contributed by atoms with Gasteiger partial charge in [0.1, 0.15) is 0 Å². The summed E-state index contributed by atoms with van der Waals surface area (Å²) in [6.07, 6.45) is 25.3. The average Bonchev–Trinajstić information content (AvgIpc) is 1.88. The topological polar surface area (TPSA) is 8.82 Å². The molecule has 2 heteroatoms. The average molecular weight is 1230 g/mol. The van der Waals surface area contributed by atoms with E-state index >= 15 is 0 Å². The normalized spacial score (nSPS) is 13.2. The van der Waals surface area contributed by atoms with Crippen LogP contribution in [0.3, 0.4) is 0 Å². The van der Waals surface area contributed by atoms with E-state index in [1.54, 1.807) is 0 Å². The number of fused-ring (bicyclic) bond motifs is 7. The third kappa shape index (κ3) is 19.4. The highest BCUT2D eigenvalue weighted by atomic mass is 14.9. The standard InChI is InChI=1S/2C14H16.3C13H16.2C12H15N/c1-14(2,3)13-10-6-8-11-7-4-5-9-12(11)13;1-14(2,3)13-9-8-11-6-4-5-7-12(11)10-13;3*1-13(2,3)12-8-7-10-5-4-6-11(10)9-12;1-12(2,3)10-6-7-11-5-4-8-13(11)9-10;1-12(2,3)10-6-8-13-7-4-5-11(13)9-10/h2*4-10H,1-3H3;5-9H,4H2,1-3H3;4,6-9H,5H2,1-3H3;4-5,7-9H,6H2,1-3H3;2*4-9H,1-3H3. The molecule has 3 aliphatic rings. The molecule has 7 aromatic carbocycles. The lowest BCUT2D eigenvalue weighted by Crippen LogP contribution is -2.24. The number of benzene rings is 7. The van der Waals surface area contributed by atoms with E-state index in [1.165, 1.54) is 104 Å². The quantitative estimate of drug-likeness (QED) is 0.143. The predicted molar refractivity (Wildman–Crippen MR) is 411 cm³/mol. The Morgan fingerprint density at radius 2 is 0.785 bits per heavy atom. The highest BCUT2D eigenvalue weighted by Gasteiger charge is 2.20. The van der Waals surface area contributed by atoms with E-state index in [2.05, 4.69) is 404 Å². The van der Waals surface area contributed by atoms with Crippen molar-refractivity contribution in [1.29, 1.82) is 0 Å². The Balaban J connectivity index is 0.000000139. The predicted octanol–water partition coefficient (Wildman–Crippen LogP) is 23.8. The molecule has 0 saturated heterocycles. The van der Waals surface area contributed by atoms with Crippen molar-refractivity contribution in [3.63, 3.8) is 0 Å². The zero-order valence-electron chi connectivity index (χ0n) is 60.7. The molecule has 3 aliphatic carbocycles. The third-order valence-electron chi connectivity index (χ3n) is 17.9. The first-order chi connectivity index (χ1) is 43.5. The number of rotatable bonds is 0. The minimum Gasteiger partial charge on any atom is -0.324 e. The smallest absolute Gasteiger partial charge is 0.0452 e. The van der Waals surface area contributed by atoms with Gasteiger partial charge in [-0.25, -0.2) is 0 Å². The second-order valence-electron chi connectivity index (χ2n) is 32.9. The van der Waals surface area contributed by atoms with Gasteiger partial charge in [-0.3, -0.25) is 0 Å². The number of allylic oxidation sites excluding steroid dienone is 2. The van der Waals surface area contributed by atoms with Crippen LogP contribution >= 0.6 is 0 Å². The van der Waals surface area contributed by atoms with Crippen LogP contribution in [0.4, 0.5) is 0 Å². The van der Waals surface area contributed by atoms with Gasteiger partial charge in [-0.15, -0.1) is 0 Å². The highest BCUT2D eigenvalue weighted by molar-refractivity contribution is 5.86. The van der Waals surface area contributed by atoms with Gasteiger partial charge in [0, 0.05) is 35.8 Å². The van der Waals surface area contributed by atoms with Gasteiger partial charge in [0.15, 0.2) is 0 Å². The van der Waals surface area contributed by atoms with Gasteiger partial charge < -0.3 is 8.80 Å². The molecule has 93 heavy (non-hydrogen) atoms. The Kier molecular flexibility index (Phi) is 22.0. The zero-order chi connectivity index (χ0) is 67.7. The van der Waals surface area contributed by atoms with Gasteiger partial charge in [0.25, 0.3) is 0 Å². The summed E-state index contributed by atoms with van der Waals surface area (Å²) in [4.78, 5) is 0. The van der Waals surface area contributed by atoms with Crippen LogP contribution in [0, 0.1) is 0 Å². The third-order valence-corrected chi connectivity index (χ3v) is 17.9. The highest BCUT2D eigenvalue weighted by Crippen LogP contribution is 2.33. The van der Waals surface area contributed by atoms with Gasteiger partial charge in [-0.05, 0) is 193 Å². The number of hydrogen-bond acceptors (Lipinski definition) is 0. The van der Waals surface area contributed by atoms with Crippen LogP contribution in [0.1, 0.15) is 213 Å². The molecule has 2 nitrogen and oxygen atoms in total. The van der Waals surface area contributed by atoms with Gasteiger partial charge in [0.05, 0.1) is 0 Å². The Bertz CT molecular complexity index is 4400. The molecule has 4 aromatic heterocycles. The van der Waals surface area contributed by atoms with E-state index in [4.69, 9.17) is 0 Å². The fourth-order valence-corrected chi connectivity index (χ4v) is 11.7. The number of hydrogen-bond donors (Lipinski definition) is 0. The summed E-state index contributed by atoms with van der Waals surface area (Å²) in [5.41, 5.74) is 19.9. The summed E-state index contributed by atoms with van der Waals surface area (Å²) >= 11 is 0. The molecule has 0 saturated carbocycles. The summed E-state index contributed by atoms with van der Waals surface area (Å²) in [6.45, 7) is 47.3. The lowest BCUT2D eigenvalue weighted by Gasteiger charge is -2.21. The van der Waals surface area contributed by atoms with Crippen LogP contribution in [0.2, 0.25) is 0 Å². The summed E-state index contributed by atoms with van der Waals surface area (Å²) in [6, 6.07) is 68.0. The molecule has 0 N–H and O–H groups in total. The summed E-state index contributed by atoms with van der Waals surface area (Å²) in [5.74, 6) is 0.